The maximum absolute atomic E-state index is 4.06. The summed E-state index contributed by atoms with van der Waals surface area (Å²) in [6.07, 6.45) is 4.67. The molecule has 0 saturated heterocycles. The number of aromatic amines is 1. The summed E-state index contributed by atoms with van der Waals surface area (Å²) in [5.74, 6) is 0. The van der Waals surface area contributed by atoms with Gasteiger partial charge in [0.05, 0.1) is 5.69 Å². The highest BCUT2D eigenvalue weighted by molar-refractivity contribution is 5.73. The summed E-state index contributed by atoms with van der Waals surface area (Å²) in [7, 11) is 1.99. The van der Waals surface area contributed by atoms with Crippen molar-refractivity contribution in [2.45, 2.75) is 46.2 Å². The third-order valence-corrected chi connectivity index (χ3v) is 3.48. The Kier molecular flexibility index (Phi) is 6.52. The molecule has 0 aliphatic rings. The van der Waals surface area contributed by atoms with Gasteiger partial charge in [0.1, 0.15) is 0 Å². The SMILES string of the molecule is C=C/C(=C(\CC)N(C(C)C)C(C)CNC)c1ccn[nH]1. The topological polar surface area (TPSA) is 44.0 Å². The Balaban J connectivity index is 3.26. The molecule has 20 heavy (non-hydrogen) atoms. The van der Waals surface area contributed by atoms with E-state index in [1.54, 1.807) is 6.20 Å². The molecular formula is C16H28N4. The summed E-state index contributed by atoms with van der Waals surface area (Å²) >= 11 is 0. The van der Waals surface area contributed by atoms with Crippen LogP contribution in [0.1, 0.15) is 39.8 Å². The molecule has 2 N–H and O–H groups in total. The van der Waals surface area contributed by atoms with E-state index in [1.165, 1.54) is 5.70 Å². The molecular weight excluding hydrogens is 248 g/mol. The first-order valence-electron chi connectivity index (χ1n) is 7.35. The number of rotatable bonds is 8. The molecule has 1 rings (SSSR count). The number of likely N-dealkylation sites (N-methyl/N-ethyl adjacent to an activating group) is 1. The second-order valence-corrected chi connectivity index (χ2v) is 5.30. The number of hydrogen-bond acceptors (Lipinski definition) is 3. The molecule has 0 amide bonds. The lowest BCUT2D eigenvalue weighted by molar-refractivity contribution is 0.211. The third kappa shape index (κ3) is 3.73. The highest BCUT2D eigenvalue weighted by atomic mass is 15.2. The lowest BCUT2D eigenvalue weighted by Crippen LogP contribution is -2.43. The zero-order chi connectivity index (χ0) is 15.1. The highest BCUT2D eigenvalue weighted by Gasteiger charge is 2.21. The monoisotopic (exact) mass is 276 g/mol. The van der Waals surface area contributed by atoms with Crippen molar-refractivity contribution >= 4 is 5.57 Å². The average molecular weight is 276 g/mol. The molecule has 1 heterocycles. The van der Waals surface area contributed by atoms with Crippen LogP contribution in [-0.4, -0.2) is 40.8 Å². The fourth-order valence-corrected chi connectivity index (χ4v) is 2.78. The molecule has 4 nitrogen and oxygen atoms in total. The van der Waals surface area contributed by atoms with E-state index in [1.807, 2.05) is 19.2 Å². The van der Waals surface area contributed by atoms with Crippen LogP contribution in [0.5, 0.6) is 0 Å². The smallest absolute Gasteiger partial charge is 0.0667 e. The van der Waals surface area contributed by atoms with Gasteiger partial charge in [-0.1, -0.05) is 19.6 Å². The van der Waals surface area contributed by atoms with Gasteiger partial charge in [0.25, 0.3) is 0 Å². The van der Waals surface area contributed by atoms with E-state index in [-0.39, 0.29) is 0 Å². The van der Waals surface area contributed by atoms with E-state index in [0.29, 0.717) is 12.1 Å². The lowest BCUT2D eigenvalue weighted by Gasteiger charge is -2.38. The number of hydrogen-bond donors (Lipinski definition) is 2. The Hall–Kier alpha value is -1.55. The molecule has 4 heteroatoms. The van der Waals surface area contributed by atoms with Gasteiger partial charge >= 0.3 is 0 Å². The van der Waals surface area contributed by atoms with Crippen LogP contribution in [0.4, 0.5) is 0 Å². The normalized spacial score (nSPS) is 14.1. The molecule has 0 fully saturated rings. The number of nitrogens with one attached hydrogen (secondary N) is 2. The minimum atomic E-state index is 0.424. The predicted octanol–water partition coefficient (Wildman–Crippen LogP) is 3.04. The largest absolute Gasteiger partial charge is 0.368 e. The summed E-state index contributed by atoms with van der Waals surface area (Å²) in [5.41, 5.74) is 3.47. The van der Waals surface area contributed by atoms with Crippen LogP contribution in [0, 0.1) is 0 Å². The molecule has 0 aromatic carbocycles. The minimum Gasteiger partial charge on any atom is -0.368 e. The zero-order valence-corrected chi connectivity index (χ0v) is 13.4. The standard InChI is InChI=1S/C16H28N4/c1-7-14(15-9-10-18-19-15)16(8-2)20(12(3)4)13(5)11-17-6/h7,9-10,12-13,17H,1,8,11H2,2-6H3,(H,18,19)/b16-14-. The number of nitrogens with zero attached hydrogens (tertiary/aromatic N) is 2. The Labute approximate surface area is 123 Å². The van der Waals surface area contributed by atoms with E-state index >= 15 is 0 Å². The van der Waals surface area contributed by atoms with Crippen molar-refractivity contribution < 1.29 is 0 Å². The van der Waals surface area contributed by atoms with Gasteiger partial charge in [-0.25, -0.2) is 0 Å². The Morgan fingerprint density at radius 1 is 1.50 bits per heavy atom. The highest BCUT2D eigenvalue weighted by Crippen LogP contribution is 2.26. The van der Waals surface area contributed by atoms with Crippen molar-refractivity contribution in [1.82, 2.24) is 20.4 Å². The van der Waals surface area contributed by atoms with Gasteiger partial charge in [0, 0.05) is 36.1 Å². The fourth-order valence-electron chi connectivity index (χ4n) is 2.78. The van der Waals surface area contributed by atoms with Crippen LogP contribution in [0.3, 0.4) is 0 Å². The van der Waals surface area contributed by atoms with Gasteiger partial charge in [0.2, 0.25) is 0 Å². The van der Waals surface area contributed by atoms with Crippen LogP contribution in [0.25, 0.3) is 5.57 Å². The maximum Gasteiger partial charge on any atom is 0.0667 e. The zero-order valence-electron chi connectivity index (χ0n) is 13.4. The molecule has 0 spiro atoms. The van der Waals surface area contributed by atoms with Crippen molar-refractivity contribution in [3.63, 3.8) is 0 Å². The summed E-state index contributed by atoms with van der Waals surface area (Å²) in [4.78, 5) is 2.47. The molecule has 0 radical (unpaired) electrons. The van der Waals surface area contributed by atoms with Gasteiger partial charge in [-0.3, -0.25) is 5.10 Å². The second-order valence-electron chi connectivity index (χ2n) is 5.30. The Bertz CT molecular complexity index is 431. The maximum atomic E-state index is 4.06. The van der Waals surface area contributed by atoms with Crippen LogP contribution in [-0.2, 0) is 0 Å². The minimum absolute atomic E-state index is 0.424. The van der Waals surface area contributed by atoms with Crippen LogP contribution >= 0.6 is 0 Å². The van der Waals surface area contributed by atoms with E-state index in [9.17, 15) is 0 Å². The van der Waals surface area contributed by atoms with Gasteiger partial charge < -0.3 is 10.2 Å². The summed E-state index contributed by atoms with van der Waals surface area (Å²) in [5, 5.41) is 10.4. The van der Waals surface area contributed by atoms with E-state index in [0.717, 1.165) is 24.2 Å². The van der Waals surface area contributed by atoms with Crippen LogP contribution < -0.4 is 5.32 Å². The van der Waals surface area contributed by atoms with Gasteiger partial charge in [0.15, 0.2) is 0 Å². The molecule has 0 bridgehead atoms. The average Bonchev–Trinajstić information content (AvgIpc) is 2.92. The summed E-state index contributed by atoms with van der Waals surface area (Å²) < 4.78 is 0. The summed E-state index contributed by atoms with van der Waals surface area (Å²) in [6.45, 7) is 13.8. The number of allylic oxidation sites excluding steroid dienone is 3. The predicted molar refractivity (Wildman–Crippen MR) is 86.4 cm³/mol. The molecule has 1 unspecified atom stereocenters. The first-order chi connectivity index (χ1) is 9.56. The van der Waals surface area contributed by atoms with Crippen LogP contribution in [0.15, 0.2) is 30.6 Å². The van der Waals surface area contributed by atoms with Gasteiger partial charge in [-0.2, -0.15) is 5.10 Å². The van der Waals surface area contributed by atoms with Crippen molar-refractivity contribution in [2.75, 3.05) is 13.6 Å². The molecule has 0 aliphatic heterocycles. The first-order valence-corrected chi connectivity index (χ1v) is 7.35. The first kappa shape index (κ1) is 16.5. The number of H-pyrrole nitrogens is 1. The number of aromatic nitrogens is 2. The summed E-state index contributed by atoms with van der Waals surface area (Å²) in [6, 6.07) is 2.85. The van der Waals surface area contributed by atoms with E-state index in [4.69, 9.17) is 0 Å². The van der Waals surface area contributed by atoms with Crippen molar-refractivity contribution in [3.8, 4) is 0 Å². The quantitative estimate of drug-likeness (QED) is 0.717. The molecule has 1 aromatic rings. The lowest BCUT2D eigenvalue weighted by atomic mass is 10.0. The van der Waals surface area contributed by atoms with E-state index < -0.39 is 0 Å². The molecule has 1 aromatic heterocycles. The Morgan fingerprint density at radius 3 is 2.60 bits per heavy atom. The molecule has 112 valence electrons. The fraction of sp³-hybridized carbons (Fsp3) is 0.562. The van der Waals surface area contributed by atoms with Gasteiger partial charge in [-0.05, 0) is 40.3 Å². The molecule has 0 aliphatic carbocycles. The molecule has 1 atom stereocenters. The third-order valence-electron chi connectivity index (χ3n) is 3.48. The van der Waals surface area contributed by atoms with Gasteiger partial charge in [-0.15, -0.1) is 0 Å². The van der Waals surface area contributed by atoms with E-state index in [2.05, 4.69) is 54.7 Å². The van der Waals surface area contributed by atoms with Crippen molar-refractivity contribution in [1.29, 1.82) is 0 Å². The van der Waals surface area contributed by atoms with Crippen molar-refractivity contribution in [2.24, 2.45) is 0 Å². The van der Waals surface area contributed by atoms with Crippen molar-refractivity contribution in [3.05, 3.63) is 36.3 Å². The Morgan fingerprint density at radius 2 is 2.20 bits per heavy atom. The van der Waals surface area contributed by atoms with Crippen LogP contribution in [0.2, 0.25) is 0 Å². The molecule has 0 saturated carbocycles. The second kappa shape index (κ2) is 7.90.